The van der Waals surface area contributed by atoms with Crippen molar-refractivity contribution in [2.24, 2.45) is 0 Å². The predicted octanol–water partition coefficient (Wildman–Crippen LogP) is 3.69. The largest absolute Gasteiger partial charge is 0.493 e. The summed E-state index contributed by atoms with van der Waals surface area (Å²) in [6.07, 6.45) is 3.17. The number of aromatic nitrogens is 1. The van der Waals surface area contributed by atoms with Gasteiger partial charge >= 0.3 is 0 Å². The van der Waals surface area contributed by atoms with Crippen LogP contribution in [0.4, 0.5) is 5.69 Å². The molecular formula is C18H24N2O2. The lowest BCUT2D eigenvalue weighted by Crippen LogP contribution is -2.24. The Morgan fingerprint density at radius 1 is 1.09 bits per heavy atom. The number of pyridine rings is 1. The van der Waals surface area contributed by atoms with Gasteiger partial charge in [0.15, 0.2) is 0 Å². The maximum absolute atomic E-state index is 12.4. The van der Waals surface area contributed by atoms with Crippen LogP contribution in [0.1, 0.15) is 33.1 Å². The topological polar surface area (TPSA) is 57.2 Å². The van der Waals surface area contributed by atoms with Crippen molar-refractivity contribution in [3.8, 4) is 17.0 Å². The normalized spacial score (nSPS) is 10.6. The molecule has 0 saturated heterocycles. The number of unbranched alkanes of at least 4 members (excludes halogenated alkanes) is 2. The Morgan fingerprint density at radius 3 is 2.59 bits per heavy atom. The third-order valence-electron chi connectivity index (χ3n) is 3.65. The SMILES string of the molecule is CCCCCn1c(-c2ccccc2OCC)ccc(N)c1=O. The summed E-state index contributed by atoms with van der Waals surface area (Å²) in [5.74, 6) is 0.790. The van der Waals surface area contributed by atoms with Crippen molar-refractivity contribution in [3.05, 3.63) is 46.8 Å². The third kappa shape index (κ3) is 3.50. The average molecular weight is 300 g/mol. The fourth-order valence-corrected chi connectivity index (χ4v) is 2.53. The standard InChI is InChI=1S/C18H24N2O2/c1-3-5-8-13-20-16(12-11-15(19)18(20)21)14-9-6-7-10-17(14)22-4-2/h6-7,9-12H,3-5,8,13,19H2,1-2H3. The minimum atomic E-state index is -0.125. The van der Waals surface area contributed by atoms with Crippen LogP contribution in [0, 0.1) is 0 Å². The van der Waals surface area contributed by atoms with Crippen LogP contribution >= 0.6 is 0 Å². The van der Waals surface area contributed by atoms with Gasteiger partial charge in [0.1, 0.15) is 5.75 Å². The van der Waals surface area contributed by atoms with E-state index in [1.807, 2.05) is 37.3 Å². The number of hydrogen-bond donors (Lipinski definition) is 1. The van der Waals surface area contributed by atoms with Gasteiger partial charge in [-0.3, -0.25) is 4.79 Å². The number of para-hydroxylation sites is 1. The van der Waals surface area contributed by atoms with Gasteiger partial charge in [-0.05, 0) is 37.6 Å². The summed E-state index contributed by atoms with van der Waals surface area (Å²) in [7, 11) is 0. The first kappa shape index (κ1) is 16.1. The van der Waals surface area contributed by atoms with E-state index in [4.69, 9.17) is 10.5 Å². The number of anilines is 1. The van der Waals surface area contributed by atoms with Crippen LogP contribution in [0.5, 0.6) is 5.75 Å². The molecule has 1 aromatic heterocycles. The van der Waals surface area contributed by atoms with Gasteiger partial charge in [0.2, 0.25) is 0 Å². The molecular weight excluding hydrogens is 276 g/mol. The molecule has 4 nitrogen and oxygen atoms in total. The smallest absolute Gasteiger partial charge is 0.274 e. The van der Waals surface area contributed by atoms with E-state index in [1.54, 1.807) is 10.6 Å². The summed E-state index contributed by atoms with van der Waals surface area (Å²) in [4.78, 5) is 12.4. The molecule has 0 aliphatic carbocycles. The quantitative estimate of drug-likeness (QED) is 0.793. The first-order chi connectivity index (χ1) is 10.7. The summed E-state index contributed by atoms with van der Waals surface area (Å²) in [6.45, 7) is 5.36. The van der Waals surface area contributed by atoms with E-state index in [-0.39, 0.29) is 11.2 Å². The molecule has 0 atom stereocenters. The first-order valence-electron chi connectivity index (χ1n) is 7.90. The number of nitrogens with two attached hydrogens (primary N) is 1. The minimum Gasteiger partial charge on any atom is -0.493 e. The van der Waals surface area contributed by atoms with E-state index in [2.05, 4.69) is 6.92 Å². The van der Waals surface area contributed by atoms with Gasteiger partial charge in [-0.25, -0.2) is 0 Å². The maximum Gasteiger partial charge on any atom is 0.274 e. The molecule has 0 saturated carbocycles. The van der Waals surface area contributed by atoms with Gasteiger partial charge in [0.05, 0.1) is 18.0 Å². The number of hydrogen-bond acceptors (Lipinski definition) is 3. The Labute approximate surface area is 131 Å². The zero-order valence-electron chi connectivity index (χ0n) is 13.3. The highest BCUT2D eigenvalue weighted by atomic mass is 16.5. The van der Waals surface area contributed by atoms with Crippen LogP contribution in [0.25, 0.3) is 11.3 Å². The fourth-order valence-electron chi connectivity index (χ4n) is 2.53. The molecule has 0 aliphatic heterocycles. The zero-order chi connectivity index (χ0) is 15.9. The second-order valence-corrected chi connectivity index (χ2v) is 5.27. The van der Waals surface area contributed by atoms with Crippen LogP contribution < -0.4 is 16.0 Å². The third-order valence-corrected chi connectivity index (χ3v) is 3.65. The van der Waals surface area contributed by atoms with Crippen LogP contribution in [0.2, 0.25) is 0 Å². The van der Waals surface area contributed by atoms with Crippen molar-refractivity contribution in [2.45, 2.75) is 39.7 Å². The highest BCUT2D eigenvalue weighted by Gasteiger charge is 2.12. The maximum atomic E-state index is 12.4. The lowest BCUT2D eigenvalue weighted by molar-refractivity contribution is 0.341. The Balaban J connectivity index is 2.50. The van der Waals surface area contributed by atoms with Gasteiger partial charge in [0.25, 0.3) is 5.56 Å². The number of ether oxygens (including phenoxy) is 1. The molecule has 1 aromatic carbocycles. The Kier molecular flexibility index (Phi) is 5.64. The van der Waals surface area contributed by atoms with Crippen molar-refractivity contribution in [1.29, 1.82) is 0 Å². The van der Waals surface area contributed by atoms with Crippen LogP contribution in [-0.4, -0.2) is 11.2 Å². The van der Waals surface area contributed by atoms with Crippen molar-refractivity contribution in [1.82, 2.24) is 4.57 Å². The molecule has 2 aromatic rings. The molecule has 0 unspecified atom stereocenters. The summed E-state index contributed by atoms with van der Waals surface area (Å²) < 4.78 is 7.46. The van der Waals surface area contributed by atoms with Crippen molar-refractivity contribution in [3.63, 3.8) is 0 Å². The van der Waals surface area contributed by atoms with E-state index < -0.39 is 0 Å². The molecule has 4 heteroatoms. The molecule has 22 heavy (non-hydrogen) atoms. The van der Waals surface area contributed by atoms with Crippen molar-refractivity contribution < 1.29 is 4.74 Å². The number of rotatable bonds is 7. The molecule has 1 heterocycles. The average Bonchev–Trinajstić information content (AvgIpc) is 2.53. The lowest BCUT2D eigenvalue weighted by Gasteiger charge is -2.16. The van der Waals surface area contributed by atoms with Crippen LogP contribution in [0.15, 0.2) is 41.2 Å². The monoisotopic (exact) mass is 300 g/mol. The lowest BCUT2D eigenvalue weighted by atomic mass is 10.1. The van der Waals surface area contributed by atoms with E-state index in [9.17, 15) is 4.79 Å². The summed E-state index contributed by atoms with van der Waals surface area (Å²) >= 11 is 0. The minimum absolute atomic E-state index is 0.125. The molecule has 0 spiro atoms. The van der Waals surface area contributed by atoms with Gasteiger partial charge in [0, 0.05) is 12.1 Å². The fraction of sp³-hybridized carbons (Fsp3) is 0.389. The van der Waals surface area contributed by atoms with E-state index in [0.717, 1.165) is 36.3 Å². The number of benzene rings is 1. The molecule has 2 rings (SSSR count). The zero-order valence-corrected chi connectivity index (χ0v) is 13.3. The van der Waals surface area contributed by atoms with E-state index in [0.29, 0.717) is 13.2 Å². The molecule has 0 fully saturated rings. The van der Waals surface area contributed by atoms with Gasteiger partial charge in [-0.15, -0.1) is 0 Å². The molecule has 0 amide bonds. The van der Waals surface area contributed by atoms with Gasteiger partial charge in [-0.1, -0.05) is 31.9 Å². The highest BCUT2D eigenvalue weighted by Crippen LogP contribution is 2.29. The molecule has 0 radical (unpaired) electrons. The Bertz CT molecular complexity index is 677. The Hall–Kier alpha value is -2.23. The van der Waals surface area contributed by atoms with E-state index >= 15 is 0 Å². The second kappa shape index (κ2) is 7.69. The van der Waals surface area contributed by atoms with Gasteiger partial charge < -0.3 is 15.0 Å². The number of nitrogens with zero attached hydrogens (tertiary/aromatic N) is 1. The summed E-state index contributed by atoms with van der Waals surface area (Å²) in [6, 6.07) is 11.4. The molecule has 0 aliphatic rings. The summed E-state index contributed by atoms with van der Waals surface area (Å²) in [5.41, 5.74) is 7.75. The van der Waals surface area contributed by atoms with E-state index in [1.165, 1.54) is 0 Å². The first-order valence-corrected chi connectivity index (χ1v) is 7.90. The summed E-state index contributed by atoms with van der Waals surface area (Å²) in [5, 5.41) is 0. The van der Waals surface area contributed by atoms with Crippen molar-refractivity contribution in [2.75, 3.05) is 12.3 Å². The molecule has 118 valence electrons. The number of nitrogen functional groups attached to an aromatic ring is 1. The second-order valence-electron chi connectivity index (χ2n) is 5.27. The molecule has 0 bridgehead atoms. The molecule has 2 N–H and O–H groups in total. The highest BCUT2D eigenvalue weighted by molar-refractivity contribution is 5.68. The predicted molar refractivity (Wildman–Crippen MR) is 91.2 cm³/mol. The van der Waals surface area contributed by atoms with Gasteiger partial charge in [-0.2, -0.15) is 0 Å². The van der Waals surface area contributed by atoms with Crippen LogP contribution in [0.3, 0.4) is 0 Å². The Morgan fingerprint density at radius 2 is 1.86 bits per heavy atom. The van der Waals surface area contributed by atoms with Crippen molar-refractivity contribution >= 4 is 5.69 Å². The van der Waals surface area contributed by atoms with Crippen LogP contribution in [-0.2, 0) is 6.54 Å².